The molecule has 5 nitrogen and oxygen atoms in total. The van der Waals surface area contributed by atoms with Crippen LogP contribution in [0.4, 0.5) is 0 Å². The van der Waals surface area contributed by atoms with Crippen LogP contribution in [0.1, 0.15) is 50.7 Å². The van der Waals surface area contributed by atoms with E-state index in [9.17, 15) is 0 Å². The fraction of sp³-hybridized carbons (Fsp3) is 0.846. The van der Waals surface area contributed by atoms with Gasteiger partial charge in [0.15, 0.2) is 5.82 Å². The fourth-order valence-corrected chi connectivity index (χ4v) is 2.71. The third-order valence-corrected chi connectivity index (χ3v) is 4.15. The second kappa shape index (κ2) is 4.31. The topological polar surface area (TPSA) is 60.2 Å². The van der Waals surface area contributed by atoms with Gasteiger partial charge in [0.1, 0.15) is 0 Å². The first-order chi connectivity index (χ1) is 8.62. The van der Waals surface area contributed by atoms with Gasteiger partial charge in [-0.2, -0.15) is 4.98 Å². The first kappa shape index (κ1) is 12.1. The number of likely N-dealkylation sites (N-methyl/N-ethyl adjacent to an activating group) is 1. The smallest absolute Gasteiger partial charge is 0.233 e. The van der Waals surface area contributed by atoms with Gasteiger partial charge in [-0.15, -0.1) is 0 Å². The summed E-state index contributed by atoms with van der Waals surface area (Å²) in [6.45, 7) is 8.92. The Morgan fingerprint density at radius 2 is 2.17 bits per heavy atom. The predicted molar refractivity (Wildman–Crippen MR) is 66.5 cm³/mol. The summed E-state index contributed by atoms with van der Waals surface area (Å²) in [5, 5.41) is 7.55. The van der Waals surface area contributed by atoms with Crippen LogP contribution in [-0.2, 0) is 4.74 Å². The van der Waals surface area contributed by atoms with E-state index in [4.69, 9.17) is 9.26 Å². The van der Waals surface area contributed by atoms with Crippen molar-refractivity contribution in [1.29, 1.82) is 0 Å². The van der Waals surface area contributed by atoms with Crippen molar-refractivity contribution in [2.24, 2.45) is 5.41 Å². The van der Waals surface area contributed by atoms with Gasteiger partial charge in [0.25, 0.3) is 0 Å². The van der Waals surface area contributed by atoms with E-state index in [0.717, 1.165) is 31.3 Å². The van der Waals surface area contributed by atoms with Gasteiger partial charge in [0.2, 0.25) is 5.89 Å². The monoisotopic (exact) mass is 251 g/mol. The van der Waals surface area contributed by atoms with Crippen molar-refractivity contribution in [2.45, 2.75) is 45.1 Å². The summed E-state index contributed by atoms with van der Waals surface area (Å²) < 4.78 is 11.0. The summed E-state index contributed by atoms with van der Waals surface area (Å²) in [7, 11) is 0. The molecule has 3 rings (SSSR count). The maximum absolute atomic E-state index is 5.51. The molecule has 0 spiro atoms. The maximum atomic E-state index is 5.51. The van der Waals surface area contributed by atoms with E-state index >= 15 is 0 Å². The van der Waals surface area contributed by atoms with E-state index in [0.29, 0.717) is 24.0 Å². The molecule has 100 valence electrons. The molecular formula is C13H21N3O2. The molecule has 18 heavy (non-hydrogen) atoms. The Morgan fingerprint density at radius 1 is 1.39 bits per heavy atom. The molecule has 2 fully saturated rings. The van der Waals surface area contributed by atoms with Gasteiger partial charge < -0.3 is 14.6 Å². The summed E-state index contributed by atoms with van der Waals surface area (Å²) >= 11 is 0. The maximum Gasteiger partial charge on any atom is 0.233 e. The zero-order valence-electron chi connectivity index (χ0n) is 11.3. The van der Waals surface area contributed by atoms with Gasteiger partial charge in [-0.05, 0) is 18.4 Å². The van der Waals surface area contributed by atoms with Gasteiger partial charge in [-0.1, -0.05) is 25.9 Å². The van der Waals surface area contributed by atoms with Crippen molar-refractivity contribution in [3.05, 3.63) is 11.7 Å². The molecule has 3 unspecified atom stereocenters. The molecule has 0 radical (unpaired) electrons. The minimum Gasteiger partial charge on any atom is -0.379 e. The van der Waals surface area contributed by atoms with Crippen LogP contribution < -0.4 is 5.32 Å². The molecule has 1 aromatic rings. The summed E-state index contributed by atoms with van der Waals surface area (Å²) in [6.07, 6.45) is 1.16. The summed E-state index contributed by atoms with van der Waals surface area (Å²) in [5.74, 6) is 2.27. The third kappa shape index (κ3) is 2.06. The minimum absolute atomic E-state index is 0.202. The van der Waals surface area contributed by atoms with Gasteiger partial charge in [-0.3, -0.25) is 0 Å². The zero-order chi connectivity index (χ0) is 12.8. The molecule has 1 N–H and O–H groups in total. The van der Waals surface area contributed by atoms with Gasteiger partial charge in [-0.25, -0.2) is 0 Å². The average Bonchev–Trinajstić information content (AvgIpc) is 2.78. The number of ether oxygens (including phenoxy) is 1. The van der Waals surface area contributed by atoms with Crippen LogP contribution in [0, 0.1) is 5.41 Å². The normalized spacial score (nSPS) is 33.8. The van der Waals surface area contributed by atoms with E-state index in [1.807, 2.05) is 0 Å². The SMILES string of the molecule is CCNC1COCC1c1nc(C2CC2(C)C)no1. The van der Waals surface area contributed by atoms with Crippen LogP contribution in [0.5, 0.6) is 0 Å². The van der Waals surface area contributed by atoms with Crippen LogP contribution >= 0.6 is 0 Å². The van der Waals surface area contributed by atoms with Crippen molar-refractivity contribution in [3.8, 4) is 0 Å². The van der Waals surface area contributed by atoms with Crippen LogP contribution in [0.2, 0.25) is 0 Å². The highest BCUT2D eigenvalue weighted by Gasteiger charge is 2.50. The Hall–Kier alpha value is -0.940. The lowest BCUT2D eigenvalue weighted by Gasteiger charge is -2.13. The number of aromatic nitrogens is 2. The summed E-state index contributed by atoms with van der Waals surface area (Å²) in [4.78, 5) is 4.58. The molecule has 5 heteroatoms. The van der Waals surface area contributed by atoms with Crippen molar-refractivity contribution >= 4 is 0 Å². The fourth-order valence-electron chi connectivity index (χ4n) is 2.71. The minimum atomic E-state index is 0.202. The number of hydrogen-bond donors (Lipinski definition) is 1. The second-order valence-corrected chi connectivity index (χ2v) is 6.04. The third-order valence-electron chi connectivity index (χ3n) is 4.15. The highest BCUT2D eigenvalue weighted by atomic mass is 16.5. The standard InChI is InChI=1S/C13H21N3O2/c1-4-14-10-7-17-6-8(10)12-15-11(16-18-12)9-5-13(9,2)3/h8-10,14H,4-7H2,1-3H3. The van der Waals surface area contributed by atoms with E-state index in [1.54, 1.807) is 0 Å². The lowest BCUT2D eigenvalue weighted by molar-refractivity contribution is 0.185. The molecule has 1 aliphatic heterocycles. The Morgan fingerprint density at radius 3 is 2.83 bits per heavy atom. The van der Waals surface area contributed by atoms with E-state index in [-0.39, 0.29) is 5.92 Å². The number of nitrogens with zero attached hydrogens (tertiary/aromatic N) is 2. The first-order valence-electron chi connectivity index (χ1n) is 6.76. The first-order valence-corrected chi connectivity index (χ1v) is 6.76. The molecule has 1 saturated heterocycles. The number of nitrogens with one attached hydrogen (secondary N) is 1. The molecule has 0 bridgehead atoms. The summed E-state index contributed by atoms with van der Waals surface area (Å²) in [6, 6.07) is 0.301. The van der Waals surface area contributed by atoms with Crippen molar-refractivity contribution in [1.82, 2.24) is 15.5 Å². The largest absolute Gasteiger partial charge is 0.379 e. The van der Waals surface area contributed by atoms with Crippen molar-refractivity contribution in [2.75, 3.05) is 19.8 Å². The molecule has 2 aliphatic rings. The second-order valence-electron chi connectivity index (χ2n) is 6.04. The molecule has 0 amide bonds. The summed E-state index contributed by atoms with van der Waals surface area (Å²) in [5.41, 5.74) is 0.342. The lowest BCUT2D eigenvalue weighted by atomic mass is 10.0. The molecule has 3 atom stereocenters. The zero-order valence-corrected chi connectivity index (χ0v) is 11.3. The lowest BCUT2D eigenvalue weighted by Crippen LogP contribution is -2.34. The van der Waals surface area contributed by atoms with Crippen LogP contribution in [-0.4, -0.2) is 35.9 Å². The average molecular weight is 251 g/mol. The molecule has 0 aromatic carbocycles. The predicted octanol–water partition coefficient (Wildman–Crippen LogP) is 1.67. The molecule has 2 heterocycles. The van der Waals surface area contributed by atoms with Crippen LogP contribution in [0.25, 0.3) is 0 Å². The highest BCUT2D eigenvalue weighted by molar-refractivity contribution is 5.15. The van der Waals surface area contributed by atoms with E-state index in [1.165, 1.54) is 0 Å². The number of hydrogen-bond acceptors (Lipinski definition) is 5. The van der Waals surface area contributed by atoms with Crippen molar-refractivity contribution < 1.29 is 9.26 Å². The highest BCUT2D eigenvalue weighted by Crippen LogP contribution is 2.57. The van der Waals surface area contributed by atoms with Crippen molar-refractivity contribution in [3.63, 3.8) is 0 Å². The van der Waals surface area contributed by atoms with Gasteiger partial charge in [0.05, 0.1) is 19.1 Å². The Kier molecular flexibility index (Phi) is 2.90. The van der Waals surface area contributed by atoms with Crippen LogP contribution in [0.3, 0.4) is 0 Å². The van der Waals surface area contributed by atoms with E-state index in [2.05, 4.69) is 36.2 Å². The van der Waals surface area contributed by atoms with Gasteiger partial charge in [0, 0.05) is 12.0 Å². The Labute approximate surface area is 107 Å². The molecule has 1 aromatic heterocycles. The number of rotatable bonds is 4. The molecule has 1 saturated carbocycles. The van der Waals surface area contributed by atoms with Gasteiger partial charge >= 0.3 is 0 Å². The van der Waals surface area contributed by atoms with Crippen LogP contribution in [0.15, 0.2) is 4.52 Å². The molecular weight excluding hydrogens is 230 g/mol. The Bertz CT molecular complexity index is 430. The Balaban J connectivity index is 1.73. The van der Waals surface area contributed by atoms with E-state index < -0.39 is 0 Å². The molecule has 1 aliphatic carbocycles. The quantitative estimate of drug-likeness (QED) is 0.882.